The van der Waals surface area contributed by atoms with E-state index in [1.54, 1.807) is 6.92 Å². The minimum atomic E-state index is -0.407. The van der Waals surface area contributed by atoms with Gasteiger partial charge in [0, 0.05) is 11.8 Å². The molecule has 1 heterocycles. The van der Waals surface area contributed by atoms with Gasteiger partial charge in [-0.25, -0.2) is 4.79 Å². The van der Waals surface area contributed by atoms with Crippen LogP contribution in [0, 0.1) is 0 Å². The van der Waals surface area contributed by atoms with Gasteiger partial charge in [0.2, 0.25) is 0 Å². The molecule has 0 bridgehead atoms. The summed E-state index contributed by atoms with van der Waals surface area (Å²) in [4.78, 5) is 22.4. The van der Waals surface area contributed by atoms with E-state index in [1.807, 2.05) is 11.8 Å². The largest absolute Gasteiger partial charge is 0.465 e. The van der Waals surface area contributed by atoms with Crippen molar-refractivity contribution in [3.63, 3.8) is 0 Å². The van der Waals surface area contributed by atoms with Crippen LogP contribution in [0.25, 0.3) is 0 Å². The molecule has 0 aromatic rings. The summed E-state index contributed by atoms with van der Waals surface area (Å²) in [6, 6.07) is -0.0681. The molecule has 0 aromatic heterocycles. The van der Waals surface area contributed by atoms with E-state index < -0.39 is 5.97 Å². The second-order valence-electron chi connectivity index (χ2n) is 3.55. The minimum Gasteiger partial charge on any atom is -0.465 e. The SMILES string of the molecule is CCOC(=O)CNC(=O)NC1CCCSC1. The fourth-order valence-corrected chi connectivity index (χ4v) is 2.53. The van der Waals surface area contributed by atoms with Crippen LogP contribution in [0.3, 0.4) is 0 Å². The third-order valence-corrected chi connectivity index (χ3v) is 3.41. The van der Waals surface area contributed by atoms with Gasteiger partial charge in [0.05, 0.1) is 6.61 Å². The quantitative estimate of drug-likeness (QED) is 0.718. The number of urea groups is 1. The number of hydrogen-bond donors (Lipinski definition) is 2. The second kappa shape index (κ2) is 7.38. The third-order valence-electron chi connectivity index (χ3n) is 2.19. The minimum absolute atomic E-state index is 0.0699. The maximum atomic E-state index is 11.4. The molecule has 16 heavy (non-hydrogen) atoms. The lowest BCUT2D eigenvalue weighted by Gasteiger charge is -2.22. The van der Waals surface area contributed by atoms with E-state index in [-0.39, 0.29) is 18.6 Å². The Morgan fingerprint density at radius 2 is 2.31 bits per heavy atom. The topological polar surface area (TPSA) is 67.4 Å². The maximum absolute atomic E-state index is 11.4. The molecule has 1 aliphatic heterocycles. The zero-order valence-corrected chi connectivity index (χ0v) is 10.3. The molecule has 0 saturated carbocycles. The summed E-state index contributed by atoms with van der Waals surface area (Å²) in [6.07, 6.45) is 2.15. The molecule has 0 radical (unpaired) electrons. The van der Waals surface area contributed by atoms with Gasteiger partial charge in [0.1, 0.15) is 6.54 Å². The maximum Gasteiger partial charge on any atom is 0.325 e. The van der Waals surface area contributed by atoms with Crippen LogP contribution in [0.2, 0.25) is 0 Å². The van der Waals surface area contributed by atoms with Gasteiger partial charge in [-0.1, -0.05) is 0 Å². The molecule has 1 rings (SSSR count). The number of ether oxygens (including phenoxy) is 1. The lowest BCUT2D eigenvalue weighted by molar-refractivity contribution is -0.141. The van der Waals surface area contributed by atoms with Gasteiger partial charge in [-0.3, -0.25) is 4.79 Å². The Kier molecular flexibility index (Phi) is 6.07. The normalized spacial score (nSPS) is 19.9. The first-order valence-corrected chi connectivity index (χ1v) is 6.65. The van der Waals surface area contributed by atoms with Crippen LogP contribution < -0.4 is 10.6 Å². The zero-order chi connectivity index (χ0) is 11.8. The van der Waals surface area contributed by atoms with Crippen molar-refractivity contribution in [3.8, 4) is 0 Å². The van der Waals surface area contributed by atoms with Crippen LogP contribution in [0.1, 0.15) is 19.8 Å². The van der Waals surface area contributed by atoms with Crippen molar-refractivity contribution < 1.29 is 14.3 Å². The summed E-state index contributed by atoms with van der Waals surface area (Å²) in [6.45, 7) is 2.00. The zero-order valence-electron chi connectivity index (χ0n) is 9.45. The molecule has 1 fully saturated rings. The Labute approximate surface area is 99.7 Å². The van der Waals surface area contributed by atoms with Gasteiger partial charge in [0.15, 0.2) is 0 Å². The molecule has 1 saturated heterocycles. The number of esters is 1. The average molecular weight is 246 g/mol. The van der Waals surface area contributed by atoms with Gasteiger partial charge in [-0.05, 0) is 25.5 Å². The standard InChI is InChI=1S/C10H18N2O3S/c1-2-15-9(13)6-11-10(14)12-8-4-3-5-16-7-8/h8H,2-7H2,1H3,(H2,11,12,14). The van der Waals surface area contributed by atoms with Crippen LogP contribution >= 0.6 is 11.8 Å². The van der Waals surface area contributed by atoms with Crippen molar-refractivity contribution in [2.45, 2.75) is 25.8 Å². The summed E-state index contributed by atoms with van der Waals surface area (Å²) in [5.74, 6) is 1.71. The van der Waals surface area contributed by atoms with Crippen LogP contribution in [-0.4, -0.2) is 42.7 Å². The van der Waals surface area contributed by atoms with E-state index >= 15 is 0 Å². The Morgan fingerprint density at radius 1 is 1.50 bits per heavy atom. The fraction of sp³-hybridized carbons (Fsp3) is 0.800. The summed E-state index contributed by atoms with van der Waals surface area (Å²) < 4.78 is 4.70. The molecule has 1 unspecified atom stereocenters. The molecule has 0 aromatic carbocycles. The number of hydrogen-bond acceptors (Lipinski definition) is 4. The van der Waals surface area contributed by atoms with Crippen LogP contribution in [0.15, 0.2) is 0 Å². The molecule has 6 heteroatoms. The third kappa shape index (κ3) is 5.25. The molecule has 5 nitrogen and oxygen atoms in total. The highest BCUT2D eigenvalue weighted by molar-refractivity contribution is 7.99. The first kappa shape index (κ1) is 13.2. The van der Waals surface area contributed by atoms with Gasteiger partial charge >= 0.3 is 12.0 Å². The van der Waals surface area contributed by atoms with E-state index in [0.29, 0.717) is 6.61 Å². The number of amides is 2. The number of thioether (sulfide) groups is 1. The summed E-state index contributed by atoms with van der Waals surface area (Å²) >= 11 is 1.84. The van der Waals surface area contributed by atoms with Gasteiger partial charge < -0.3 is 15.4 Å². The summed E-state index contributed by atoms with van der Waals surface area (Å²) in [5, 5.41) is 5.32. The van der Waals surface area contributed by atoms with Crippen LogP contribution in [0.5, 0.6) is 0 Å². The predicted octanol–water partition coefficient (Wildman–Crippen LogP) is 0.744. The van der Waals surface area contributed by atoms with Crippen molar-refractivity contribution in [2.24, 2.45) is 0 Å². The van der Waals surface area contributed by atoms with E-state index in [0.717, 1.165) is 18.6 Å². The monoisotopic (exact) mass is 246 g/mol. The van der Waals surface area contributed by atoms with Gasteiger partial charge in [-0.15, -0.1) is 0 Å². The first-order valence-electron chi connectivity index (χ1n) is 5.50. The predicted molar refractivity (Wildman–Crippen MR) is 63.5 cm³/mol. The van der Waals surface area contributed by atoms with Crippen molar-refractivity contribution in [1.29, 1.82) is 0 Å². The Hall–Kier alpha value is -0.910. The lowest BCUT2D eigenvalue weighted by Crippen LogP contribution is -2.45. The van der Waals surface area contributed by atoms with Crippen LogP contribution in [0.4, 0.5) is 4.79 Å². The Balaban J connectivity index is 2.12. The molecule has 2 N–H and O–H groups in total. The Bertz CT molecular complexity index is 242. The van der Waals surface area contributed by atoms with Gasteiger partial charge in [0.25, 0.3) is 0 Å². The molecule has 92 valence electrons. The fourth-order valence-electron chi connectivity index (χ4n) is 1.46. The number of nitrogens with one attached hydrogen (secondary N) is 2. The van der Waals surface area contributed by atoms with E-state index in [2.05, 4.69) is 10.6 Å². The molecule has 0 spiro atoms. The molecule has 1 aliphatic rings. The average Bonchev–Trinajstić information content (AvgIpc) is 2.28. The number of carbonyl (C=O) groups excluding carboxylic acids is 2. The van der Waals surface area contributed by atoms with Crippen molar-refractivity contribution in [1.82, 2.24) is 10.6 Å². The van der Waals surface area contributed by atoms with Crippen molar-refractivity contribution in [2.75, 3.05) is 24.7 Å². The number of carbonyl (C=O) groups is 2. The highest BCUT2D eigenvalue weighted by Gasteiger charge is 2.16. The Morgan fingerprint density at radius 3 is 2.94 bits per heavy atom. The van der Waals surface area contributed by atoms with E-state index in [1.165, 1.54) is 5.75 Å². The smallest absolute Gasteiger partial charge is 0.325 e. The summed E-state index contributed by atoms with van der Waals surface area (Å²) in [5.41, 5.74) is 0. The second-order valence-corrected chi connectivity index (χ2v) is 4.70. The van der Waals surface area contributed by atoms with E-state index in [4.69, 9.17) is 4.74 Å². The van der Waals surface area contributed by atoms with Gasteiger partial charge in [-0.2, -0.15) is 11.8 Å². The van der Waals surface area contributed by atoms with Crippen LogP contribution in [-0.2, 0) is 9.53 Å². The number of rotatable bonds is 4. The molecule has 0 aliphatic carbocycles. The first-order chi connectivity index (χ1) is 7.72. The molecular weight excluding hydrogens is 228 g/mol. The van der Waals surface area contributed by atoms with Crippen molar-refractivity contribution in [3.05, 3.63) is 0 Å². The highest BCUT2D eigenvalue weighted by Crippen LogP contribution is 2.16. The summed E-state index contributed by atoms with van der Waals surface area (Å²) in [7, 11) is 0. The van der Waals surface area contributed by atoms with E-state index in [9.17, 15) is 9.59 Å². The molecule has 1 atom stereocenters. The van der Waals surface area contributed by atoms with Crippen molar-refractivity contribution >= 4 is 23.8 Å². The highest BCUT2D eigenvalue weighted by atomic mass is 32.2. The molecule has 2 amide bonds. The lowest BCUT2D eigenvalue weighted by atomic mass is 10.2. The molecular formula is C10H18N2O3S.